The summed E-state index contributed by atoms with van der Waals surface area (Å²) < 4.78 is 0. The molecule has 1 rings (SSSR count). The van der Waals surface area contributed by atoms with Gasteiger partial charge >= 0.3 is 0 Å². The fourth-order valence-electron chi connectivity index (χ4n) is 2.35. The summed E-state index contributed by atoms with van der Waals surface area (Å²) in [6.07, 6.45) is 1.31. The first kappa shape index (κ1) is 18.9. The highest BCUT2D eigenvalue weighted by Gasteiger charge is 2.21. The molecule has 0 atom stereocenters. The lowest BCUT2D eigenvalue weighted by Crippen LogP contribution is -2.53. The first-order valence-electron chi connectivity index (χ1n) is 8.41. The van der Waals surface area contributed by atoms with Gasteiger partial charge in [0.2, 0.25) is 5.91 Å². The molecule has 1 heterocycles. The van der Waals surface area contributed by atoms with Gasteiger partial charge in [0.25, 0.3) is 5.91 Å². The Kier molecular flexibility index (Phi) is 8.42. The molecule has 6 heteroatoms. The summed E-state index contributed by atoms with van der Waals surface area (Å²) in [6.45, 7) is 12.8. The van der Waals surface area contributed by atoms with Crippen LogP contribution in [0, 0.1) is 11.8 Å². The highest BCUT2D eigenvalue weighted by Crippen LogP contribution is 2.05. The van der Waals surface area contributed by atoms with Crippen molar-refractivity contribution in [2.45, 2.75) is 40.5 Å². The van der Waals surface area contributed by atoms with Crippen LogP contribution in [-0.2, 0) is 9.59 Å². The van der Waals surface area contributed by atoms with Crippen molar-refractivity contribution in [1.82, 2.24) is 20.7 Å². The maximum atomic E-state index is 12.5. The van der Waals surface area contributed by atoms with Crippen LogP contribution < -0.4 is 10.7 Å². The summed E-state index contributed by atoms with van der Waals surface area (Å²) in [4.78, 5) is 26.6. The maximum Gasteiger partial charge on any atom is 0.255 e. The molecule has 1 saturated heterocycles. The van der Waals surface area contributed by atoms with Crippen LogP contribution in [-0.4, -0.2) is 61.0 Å². The van der Waals surface area contributed by atoms with E-state index in [2.05, 4.69) is 29.5 Å². The van der Waals surface area contributed by atoms with E-state index in [0.29, 0.717) is 31.3 Å². The minimum absolute atomic E-state index is 0.0199. The van der Waals surface area contributed by atoms with Crippen molar-refractivity contribution in [2.24, 2.45) is 11.8 Å². The Morgan fingerprint density at radius 1 is 1.14 bits per heavy atom. The van der Waals surface area contributed by atoms with E-state index < -0.39 is 0 Å². The van der Waals surface area contributed by atoms with E-state index in [-0.39, 0.29) is 11.8 Å². The molecule has 0 aromatic carbocycles. The standard InChI is InChI=1S/C16H32N4O2/c1-13(2)5-6-15(21)18-20(11-14(3)4)16(22)12-19-9-7-17-8-10-19/h13-14,17H,5-12H2,1-4H3,(H,18,21). The van der Waals surface area contributed by atoms with Crippen LogP contribution in [0.4, 0.5) is 0 Å². The number of piperazine rings is 1. The number of nitrogens with one attached hydrogen (secondary N) is 2. The maximum absolute atomic E-state index is 12.5. The van der Waals surface area contributed by atoms with Gasteiger partial charge in [0, 0.05) is 39.1 Å². The van der Waals surface area contributed by atoms with E-state index >= 15 is 0 Å². The Labute approximate surface area is 134 Å². The summed E-state index contributed by atoms with van der Waals surface area (Å²) in [5.41, 5.74) is 2.80. The molecule has 0 unspecified atom stereocenters. The molecule has 1 aliphatic heterocycles. The van der Waals surface area contributed by atoms with E-state index in [1.165, 1.54) is 5.01 Å². The van der Waals surface area contributed by atoms with Gasteiger partial charge in [-0.2, -0.15) is 0 Å². The third-order valence-corrected chi connectivity index (χ3v) is 3.63. The molecule has 22 heavy (non-hydrogen) atoms. The van der Waals surface area contributed by atoms with Gasteiger partial charge < -0.3 is 5.32 Å². The van der Waals surface area contributed by atoms with Crippen molar-refractivity contribution in [3.8, 4) is 0 Å². The number of hydrogen-bond donors (Lipinski definition) is 2. The topological polar surface area (TPSA) is 64.7 Å². The average molecular weight is 312 g/mol. The van der Waals surface area contributed by atoms with Gasteiger partial charge in [0.1, 0.15) is 0 Å². The van der Waals surface area contributed by atoms with Gasteiger partial charge in [0.05, 0.1) is 6.54 Å². The second kappa shape index (κ2) is 9.79. The average Bonchev–Trinajstić information content (AvgIpc) is 2.45. The first-order chi connectivity index (χ1) is 10.4. The number of nitrogens with zero attached hydrogens (tertiary/aromatic N) is 2. The molecule has 6 nitrogen and oxygen atoms in total. The number of rotatable bonds is 7. The Balaban J connectivity index is 2.50. The highest BCUT2D eigenvalue weighted by atomic mass is 16.2. The van der Waals surface area contributed by atoms with Crippen molar-refractivity contribution < 1.29 is 9.59 Å². The summed E-state index contributed by atoms with van der Waals surface area (Å²) in [5.74, 6) is 0.717. The molecule has 0 aliphatic carbocycles. The van der Waals surface area contributed by atoms with Crippen LogP contribution >= 0.6 is 0 Å². The van der Waals surface area contributed by atoms with E-state index in [0.717, 1.165) is 32.6 Å². The summed E-state index contributed by atoms with van der Waals surface area (Å²) in [6, 6.07) is 0. The molecular weight excluding hydrogens is 280 g/mol. The van der Waals surface area contributed by atoms with Crippen LogP contribution in [0.25, 0.3) is 0 Å². The second-order valence-electron chi connectivity index (χ2n) is 6.89. The van der Waals surface area contributed by atoms with Crippen molar-refractivity contribution in [2.75, 3.05) is 39.3 Å². The minimum atomic E-state index is -0.0667. The normalized spacial score (nSPS) is 16.1. The number of carbonyl (C=O) groups excluding carboxylic acids is 2. The fraction of sp³-hybridized carbons (Fsp3) is 0.875. The van der Waals surface area contributed by atoms with E-state index in [4.69, 9.17) is 0 Å². The first-order valence-corrected chi connectivity index (χ1v) is 8.41. The molecule has 0 spiro atoms. The third kappa shape index (κ3) is 7.75. The smallest absolute Gasteiger partial charge is 0.255 e. The van der Waals surface area contributed by atoms with Crippen molar-refractivity contribution in [3.63, 3.8) is 0 Å². The van der Waals surface area contributed by atoms with Crippen molar-refractivity contribution >= 4 is 11.8 Å². The molecule has 0 aromatic rings. The Morgan fingerprint density at radius 2 is 1.77 bits per heavy atom. The molecule has 2 amide bonds. The molecule has 0 radical (unpaired) electrons. The molecule has 2 N–H and O–H groups in total. The Morgan fingerprint density at radius 3 is 2.32 bits per heavy atom. The molecule has 0 saturated carbocycles. The van der Waals surface area contributed by atoms with Gasteiger partial charge in [-0.15, -0.1) is 0 Å². The predicted molar refractivity (Wildman–Crippen MR) is 88.1 cm³/mol. The SMILES string of the molecule is CC(C)CCC(=O)NN(CC(C)C)C(=O)CN1CCNCC1. The quantitative estimate of drug-likeness (QED) is 0.684. The molecule has 128 valence electrons. The lowest BCUT2D eigenvalue weighted by Gasteiger charge is -2.31. The zero-order valence-corrected chi connectivity index (χ0v) is 14.5. The number of carbonyl (C=O) groups is 2. The van der Waals surface area contributed by atoms with Gasteiger partial charge in [0.15, 0.2) is 0 Å². The van der Waals surface area contributed by atoms with Crippen molar-refractivity contribution in [1.29, 1.82) is 0 Å². The van der Waals surface area contributed by atoms with Gasteiger partial charge in [-0.3, -0.25) is 24.9 Å². The number of hydrogen-bond acceptors (Lipinski definition) is 4. The summed E-state index contributed by atoms with van der Waals surface area (Å²) >= 11 is 0. The fourth-order valence-corrected chi connectivity index (χ4v) is 2.35. The van der Waals surface area contributed by atoms with Crippen LogP contribution in [0.5, 0.6) is 0 Å². The predicted octanol–water partition coefficient (Wildman–Crippen LogP) is 0.844. The summed E-state index contributed by atoms with van der Waals surface area (Å²) in [7, 11) is 0. The largest absolute Gasteiger partial charge is 0.314 e. The van der Waals surface area contributed by atoms with Gasteiger partial charge in [-0.25, -0.2) is 0 Å². The zero-order chi connectivity index (χ0) is 16.5. The number of hydrazine groups is 1. The Bertz CT molecular complexity index is 352. The molecule has 1 fully saturated rings. The van der Waals surface area contributed by atoms with Crippen LogP contribution in [0.2, 0.25) is 0 Å². The lowest BCUT2D eigenvalue weighted by atomic mass is 10.1. The number of amides is 2. The zero-order valence-electron chi connectivity index (χ0n) is 14.5. The molecular formula is C16H32N4O2. The lowest BCUT2D eigenvalue weighted by molar-refractivity contribution is -0.143. The Hall–Kier alpha value is -1.14. The van der Waals surface area contributed by atoms with Crippen LogP contribution in [0.3, 0.4) is 0 Å². The van der Waals surface area contributed by atoms with Gasteiger partial charge in [-0.1, -0.05) is 27.7 Å². The van der Waals surface area contributed by atoms with Crippen LogP contribution in [0.15, 0.2) is 0 Å². The van der Waals surface area contributed by atoms with Crippen molar-refractivity contribution in [3.05, 3.63) is 0 Å². The summed E-state index contributed by atoms with van der Waals surface area (Å²) in [5, 5.41) is 4.78. The molecule has 0 bridgehead atoms. The van der Waals surface area contributed by atoms with E-state index in [1.54, 1.807) is 0 Å². The highest BCUT2D eigenvalue weighted by molar-refractivity contribution is 5.83. The monoisotopic (exact) mass is 312 g/mol. The third-order valence-electron chi connectivity index (χ3n) is 3.63. The minimum Gasteiger partial charge on any atom is -0.314 e. The van der Waals surface area contributed by atoms with Gasteiger partial charge in [-0.05, 0) is 18.3 Å². The van der Waals surface area contributed by atoms with Crippen LogP contribution in [0.1, 0.15) is 40.5 Å². The second-order valence-corrected chi connectivity index (χ2v) is 6.89. The van der Waals surface area contributed by atoms with E-state index in [1.807, 2.05) is 13.8 Å². The molecule has 0 aromatic heterocycles. The molecule has 1 aliphatic rings. The van der Waals surface area contributed by atoms with E-state index in [9.17, 15) is 9.59 Å².